The average molecular weight is 312 g/mol. The van der Waals surface area contributed by atoms with Crippen molar-refractivity contribution in [1.82, 2.24) is 4.98 Å². The molecule has 0 unspecified atom stereocenters. The van der Waals surface area contributed by atoms with E-state index in [2.05, 4.69) is 4.98 Å². The highest BCUT2D eigenvalue weighted by Crippen LogP contribution is 2.37. The van der Waals surface area contributed by atoms with E-state index in [0.29, 0.717) is 5.92 Å². The van der Waals surface area contributed by atoms with Gasteiger partial charge in [-0.15, -0.1) is 0 Å². The summed E-state index contributed by atoms with van der Waals surface area (Å²) in [6, 6.07) is 10.6. The first-order valence-electron chi connectivity index (χ1n) is 7.77. The second kappa shape index (κ2) is 6.28. The SMILES string of the molecule is COc1ccc(N(C(=O)c2ccc[nH]c2=O)[C@H](C)C2CC2)cc1. The Morgan fingerprint density at radius 3 is 2.52 bits per heavy atom. The fourth-order valence-electron chi connectivity index (χ4n) is 2.79. The molecular formula is C18H20N2O3. The van der Waals surface area contributed by atoms with E-state index in [1.807, 2.05) is 31.2 Å². The first-order valence-corrected chi connectivity index (χ1v) is 7.77. The molecule has 1 amide bonds. The Hall–Kier alpha value is -2.56. The lowest BCUT2D eigenvalue weighted by Crippen LogP contribution is -2.42. The van der Waals surface area contributed by atoms with E-state index in [9.17, 15) is 9.59 Å². The molecule has 2 aromatic rings. The van der Waals surface area contributed by atoms with Crippen LogP contribution < -0.4 is 15.2 Å². The minimum absolute atomic E-state index is 0.0514. The lowest BCUT2D eigenvalue weighted by Gasteiger charge is -2.29. The fourth-order valence-corrected chi connectivity index (χ4v) is 2.79. The normalized spacial score (nSPS) is 15.0. The molecule has 0 radical (unpaired) electrons. The molecule has 0 saturated heterocycles. The van der Waals surface area contributed by atoms with Crippen molar-refractivity contribution in [2.75, 3.05) is 12.0 Å². The predicted octanol–water partition coefficient (Wildman–Crippen LogP) is 2.83. The van der Waals surface area contributed by atoms with Gasteiger partial charge in [-0.3, -0.25) is 9.59 Å². The standard InChI is InChI=1S/C18H20N2O3/c1-12(13-5-6-13)20(14-7-9-15(23-2)10-8-14)18(22)16-4-3-11-19-17(16)21/h3-4,7-13H,5-6H2,1-2H3,(H,19,21)/t12-/m1/s1. The molecule has 120 valence electrons. The lowest BCUT2D eigenvalue weighted by molar-refractivity contribution is 0.0974. The zero-order valence-corrected chi connectivity index (χ0v) is 13.3. The van der Waals surface area contributed by atoms with Crippen LogP contribution in [0.15, 0.2) is 47.4 Å². The van der Waals surface area contributed by atoms with Gasteiger partial charge < -0.3 is 14.6 Å². The van der Waals surface area contributed by atoms with E-state index < -0.39 is 0 Å². The predicted molar refractivity (Wildman–Crippen MR) is 89.1 cm³/mol. The number of hydrogen-bond donors (Lipinski definition) is 1. The molecule has 0 bridgehead atoms. The van der Waals surface area contributed by atoms with Gasteiger partial charge in [0.25, 0.3) is 11.5 Å². The van der Waals surface area contributed by atoms with Crippen LogP contribution in [0.2, 0.25) is 0 Å². The van der Waals surface area contributed by atoms with E-state index in [0.717, 1.165) is 24.3 Å². The zero-order chi connectivity index (χ0) is 16.4. The van der Waals surface area contributed by atoms with Gasteiger partial charge in [0, 0.05) is 17.9 Å². The topological polar surface area (TPSA) is 62.4 Å². The van der Waals surface area contributed by atoms with Gasteiger partial charge in [-0.05, 0) is 62.1 Å². The summed E-state index contributed by atoms with van der Waals surface area (Å²) in [6.45, 7) is 2.04. The molecule has 5 nitrogen and oxygen atoms in total. The number of carbonyl (C=O) groups is 1. The largest absolute Gasteiger partial charge is 0.497 e. The van der Waals surface area contributed by atoms with E-state index in [-0.39, 0.29) is 23.1 Å². The molecular weight excluding hydrogens is 292 g/mol. The number of H-pyrrole nitrogens is 1. The Morgan fingerprint density at radius 2 is 1.96 bits per heavy atom. The molecule has 1 aromatic heterocycles. The number of aromatic amines is 1. The van der Waals surface area contributed by atoms with Crippen molar-refractivity contribution >= 4 is 11.6 Å². The summed E-state index contributed by atoms with van der Waals surface area (Å²) in [4.78, 5) is 29.2. The van der Waals surface area contributed by atoms with E-state index in [1.165, 1.54) is 6.20 Å². The van der Waals surface area contributed by atoms with Crippen molar-refractivity contribution < 1.29 is 9.53 Å². The van der Waals surface area contributed by atoms with E-state index >= 15 is 0 Å². The number of ether oxygens (including phenoxy) is 1. The van der Waals surface area contributed by atoms with Crippen molar-refractivity contribution in [3.63, 3.8) is 0 Å². The third kappa shape index (κ3) is 3.13. The van der Waals surface area contributed by atoms with Gasteiger partial charge in [0.1, 0.15) is 11.3 Å². The fraction of sp³-hybridized carbons (Fsp3) is 0.333. The van der Waals surface area contributed by atoms with Gasteiger partial charge in [0.15, 0.2) is 0 Å². The Kier molecular flexibility index (Phi) is 4.19. The number of carbonyl (C=O) groups excluding carboxylic acids is 1. The molecule has 1 heterocycles. The molecule has 0 spiro atoms. The van der Waals surface area contributed by atoms with Crippen LogP contribution in [0, 0.1) is 5.92 Å². The number of pyridine rings is 1. The molecule has 1 saturated carbocycles. The van der Waals surface area contributed by atoms with Gasteiger partial charge in [0.05, 0.1) is 7.11 Å². The molecule has 5 heteroatoms. The number of nitrogens with one attached hydrogen (secondary N) is 1. The number of nitrogens with zero attached hydrogens (tertiary/aromatic N) is 1. The van der Waals surface area contributed by atoms with Crippen LogP contribution in [-0.4, -0.2) is 24.0 Å². The molecule has 23 heavy (non-hydrogen) atoms. The molecule has 0 aliphatic heterocycles. The molecule has 1 aliphatic rings. The van der Waals surface area contributed by atoms with Crippen LogP contribution in [-0.2, 0) is 0 Å². The second-order valence-corrected chi connectivity index (χ2v) is 5.86. The Labute approximate surface area is 134 Å². The summed E-state index contributed by atoms with van der Waals surface area (Å²) in [6.07, 6.45) is 3.76. The smallest absolute Gasteiger partial charge is 0.264 e. The van der Waals surface area contributed by atoms with Crippen molar-refractivity contribution in [3.8, 4) is 5.75 Å². The maximum atomic E-state index is 13.0. The van der Waals surface area contributed by atoms with Crippen molar-refractivity contribution in [1.29, 1.82) is 0 Å². The molecule has 1 aromatic carbocycles. The summed E-state index contributed by atoms with van der Waals surface area (Å²) in [5.74, 6) is 0.957. The summed E-state index contributed by atoms with van der Waals surface area (Å²) in [5.41, 5.74) is 0.577. The van der Waals surface area contributed by atoms with Crippen LogP contribution in [0.3, 0.4) is 0 Å². The zero-order valence-electron chi connectivity index (χ0n) is 13.3. The number of amides is 1. The van der Waals surface area contributed by atoms with Crippen molar-refractivity contribution in [2.24, 2.45) is 5.92 Å². The van der Waals surface area contributed by atoms with E-state index in [4.69, 9.17) is 4.74 Å². The molecule has 1 atom stereocenters. The first kappa shape index (κ1) is 15.3. The van der Waals surface area contributed by atoms with E-state index in [1.54, 1.807) is 24.1 Å². The Bertz CT molecular complexity index is 747. The number of benzene rings is 1. The number of anilines is 1. The van der Waals surface area contributed by atoms with Gasteiger partial charge in [-0.1, -0.05) is 0 Å². The monoisotopic (exact) mass is 312 g/mol. The van der Waals surface area contributed by atoms with Gasteiger partial charge in [-0.25, -0.2) is 0 Å². The number of rotatable bonds is 5. The average Bonchev–Trinajstić information content (AvgIpc) is 3.41. The number of hydrogen-bond acceptors (Lipinski definition) is 3. The summed E-state index contributed by atoms with van der Waals surface area (Å²) >= 11 is 0. The minimum Gasteiger partial charge on any atom is -0.497 e. The van der Waals surface area contributed by atoms with Crippen molar-refractivity contribution in [3.05, 3.63) is 58.5 Å². The highest BCUT2D eigenvalue weighted by atomic mass is 16.5. The lowest BCUT2D eigenvalue weighted by atomic mass is 10.1. The molecule has 1 aliphatic carbocycles. The van der Waals surface area contributed by atoms with Gasteiger partial charge in [0.2, 0.25) is 0 Å². The summed E-state index contributed by atoms with van der Waals surface area (Å²) in [5, 5.41) is 0. The van der Waals surface area contributed by atoms with Gasteiger partial charge in [-0.2, -0.15) is 0 Å². The van der Waals surface area contributed by atoms with Crippen LogP contribution >= 0.6 is 0 Å². The Balaban J connectivity index is 1.99. The maximum absolute atomic E-state index is 13.0. The quantitative estimate of drug-likeness (QED) is 0.923. The molecule has 1 N–H and O–H groups in total. The third-order valence-corrected chi connectivity index (χ3v) is 4.33. The molecule has 3 rings (SSSR count). The van der Waals surface area contributed by atoms with Crippen LogP contribution in [0.1, 0.15) is 30.1 Å². The highest BCUT2D eigenvalue weighted by Gasteiger charge is 2.36. The third-order valence-electron chi connectivity index (χ3n) is 4.33. The number of methoxy groups -OCH3 is 1. The number of aromatic nitrogens is 1. The van der Waals surface area contributed by atoms with Crippen molar-refractivity contribution in [2.45, 2.75) is 25.8 Å². The summed E-state index contributed by atoms with van der Waals surface area (Å²) < 4.78 is 5.17. The minimum atomic E-state index is -0.362. The highest BCUT2D eigenvalue weighted by molar-refractivity contribution is 6.06. The first-order chi connectivity index (χ1) is 11.1. The summed E-state index contributed by atoms with van der Waals surface area (Å²) in [7, 11) is 1.61. The van der Waals surface area contributed by atoms with Crippen LogP contribution in [0.25, 0.3) is 0 Å². The molecule has 1 fully saturated rings. The maximum Gasteiger partial charge on any atom is 0.264 e. The van der Waals surface area contributed by atoms with Gasteiger partial charge >= 0.3 is 0 Å². The Morgan fingerprint density at radius 1 is 1.26 bits per heavy atom. The second-order valence-electron chi connectivity index (χ2n) is 5.86. The van der Waals surface area contributed by atoms with Crippen LogP contribution in [0.4, 0.5) is 5.69 Å². The van der Waals surface area contributed by atoms with Crippen LogP contribution in [0.5, 0.6) is 5.75 Å².